The van der Waals surface area contributed by atoms with Crippen molar-refractivity contribution in [2.75, 3.05) is 70.1 Å². The molecule has 0 spiro atoms. The molecule has 2 amide bonds. The largest absolute Gasteiger partial charge is 0.481 e. The normalized spacial score (nSPS) is 19.8. The molecule has 0 aromatic carbocycles. The van der Waals surface area contributed by atoms with Crippen molar-refractivity contribution < 1.29 is 29.0 Å². The zero-order chi connectivity index (χ0) is 30.9. The Labute approximate surface area is 241 Å². The predicted molar refractivity (Wildman–Crippen MR) is 156 cm³/mol. The van der Waals surface area contributed by atoms with Gasteiger partial charge in [0.2, 0.25) is 5.91 Å². The molecule has 0 aromatic heterocycles. The van der Waals surface area contributed by atoms with E-state index in [2.05, 4.69) is 13.8 Å². The van der Waals surface area contributed by atoms with E-state index in [4.69, 9.17) is 14.5 Å². The van der Waals surface area contributed by atoms with Gasteiger partial charge in [-0.2, -0.15) is 0 Å². The summed E-state index contributed by atoms with van der Waals surface area (Å²) in [5.41, 5.74) is 0. The Morgan fingerprint density at radius 1 is 1.00 bits per heavy atom. The first-order valence-corrected chi connectivity index (χ1v) is 14.1. The second kappa shape index (κ2) is 16.1. The van der Waals surface area contributed by atoms with Crippen molar-refractivity contribution >= 4 is 23.7 Å². The van der Waals surface area contributed by atoms with Gasteiger partial charge in [-0.15, -0.1) is 0 Å². The van der Waals surface area contributed by atoms with Crippen molar-refractivity contribution in [3.63, 3.8) is 0 Å². The number of rotatable bonds is 14. The quantitative estimate of drug-likeness (QED) is 0.244. The Morgan fingerprint density at radius 3 is 2.00 bits per heavy atom. The second-order valence-electron chi connectivity index (χ2n) is 11.5. The number of guanidine groups is 1. The number of likely N-dealkylation sites (tertiary alicyclic amines) is 1. The summed E-state index contributed by atoms with van der Waals surface area (Å²) in [6.45, 7) is 6.24. The number of ether oxygens (including phenoxy) is 2. The molecule has 0 radical (unpaired) electrons. The van der Waals surface area contributed by atoms with Crippen LogP contribution in [0.1, 0.15) is 46.5 Å². The van der Waals surface area contributed by atoms with Gasteiger partial charge < -0.3 is 34.2 Å². The predicted octanol–water partition coefficient (Wildman–Crippen LogP) is 1.36. The molecule has 40 heavy (non-hydrogen) atoms. The first-order valence-electron chi connectivity index (χ1n) is 14.1. The van der Waals surface area contributed by atoms with Gasteiger partial charge in [0.15, 0.2) is 12.1 Å². The van der Waals surface area contributed by atoms with Crippen LogP contribution < -0.4 is 0 Å². The van der Waals surface area contributed by atoms with Crippen LogP contribution >= 0.6 is 0 Å². The highest BCUT2D eigenvalue weighted by Crippen LogP contribution is 2.29. The van der Waals surface area contributed by atoms with Crippen LogP contribution in [0.3, 0.4) is 0 Å². The third kappa shape index (κ3) is 8.78. The molecule has 1 aliphatic heterocycles. The highest BCUT2D eigenvalue weighted by atomic mass is 16.5. The minimum Gasteiger partial charge on any atom is -0.481 e. The summed E-state index contributed by atoms with van der Waals surface area (Å²) >= 11 is 0. The molecule has 12 heteroatoms. The number of carbonyl (C=O) groups is 3. The van der Waals surface area contributed by atoms with Crippen LogP contribution in [-0.4, -0.2) is 154 Å². The van der Waals surface area contributed by atoms with E-state index in [1.165, 1.54) is 7.11 Å². The van der Waals surface area contributed by atoms with Crippen molar-refractivity contribution in [1.29, 1.82) is 0 Å². The lowest BCUT2D eigenvalue weighted by molar-refractivity contribution is -0.152. The van der Waals surface area contributed by atoms with E-state index >= 15 is 0 Å². The molecule has 0 aliphatic carbocycles. The van der Waals surface area contributed by atoms with E-state index in [-0.39, 0.29) is 36.2 Å². The van der Waals surface area contributed by atoms with Crippen molar-refractivity contribution in [3.05, 3.63) is 0 Å². The van der Waals surface area contributed by atoms with Crippen LogP contribution in [0.5, 0.6) is 0 Å². The molecule has 0 bridgehead atoms. The van der Waals surface area contributed by atoms with E-state index in [1.54, 1.807) is 35.8 Å². The number of hydrogen-bond donors (Lipinski definition) is 1. The number of carbonyl (C=O) groups excluding carboxylic acids is 2. The Kier molecular flexibility index (Phi) is 14.3. The number of hydrogen-bond acceptors (Lipinski definition) is 7. The molecule has 0 aromatic rings. The van der Waals surface area contributed by atoms with E-state index in [9.17, 15) is 19.5 Å². The number of likely N-dealkylation sites (N-methyl/N-ethyl adjacent to an activating group) is 2. The molecule has 7 atom stereocenters. The Morgan fingerprint density at radius 2 is 1.57 bits per heavy atom. The Bertz CT molecular complexity index is 856. The lowest BCUT2D eigenvalue weighted by Crippen LogP contribution is -2.56. The SMILES string of the molecule is CC[C@H](C)C([C@@H](CC(=O)N1CCC[C@H]1C(OC)[C@@H](C)C(=O)O)OC)N(C)C(=O)[C@@H](N=C(N(C)C)N(C)C)N(C)C. The summed E-state index contributed by atoms with van der Waals surface area (Å²) in [6.07, 6.45) is 0.346. The van der Waals surface area contributed by atoms with Gasteiger partial charge in [-0.05, 0) is 39.8 Å². The van der Waals surface area contributed by atoms with E-state index in [0.29, 0.717) is 18.9 Å². The average molecular weight is 571 g/mol. The van der Waals surface area contributed by atoms with Crippen LogP contribution in [0.15, 0.2) is 4.99 Å². The van der Waals surface area contributed by atoms with Gasteiger partial charge in [-0.1, -0.05) is 20.3 Å². The Balaban J connectivity index is 3.31. The molecule has 0 saturated carbocycles. The van der Waals surface area contributed by atoms with Gasteiger partial charge in [-0.3, -0.25) is 19.3 Å². The van der Waals surface area contributed by atoms with Gasteiger partial charge in [0.1, 0.15) is 0 Å². The zero-order valence-corrected chi connectivity index (χ0v) is 26.7. The van der Waals surface area contributed by atoms with Crippen LogP contribution in [0.2, 0.25) is 0 Å². The minimum atomic E-state index is -0.956. The lowest BCUT2D eigenvalue weighted by atomic mass is 9.90. The fraction of sp³-hybridized carbons (Fsp3) is 0.857. The molecule has 12 nitrogen and oxygen atoms in total. The highest BCUT2D eigenvalue weighted by molar-refractivity contribution is 5.87. The summed E-state index contributed by atoms with van der Waals surface area (Å²) in [4.78, 5) is 53.0. The smallest absolute Gasteiger partial charge is 0.308 e. The topological polar surface area (TPSA) is 118 Å². The number of aliphatic imine (C=N–C) groups is 1. The molecule has 1 heterocycles. The molecule has 232 valence electrons. The molecule has 1 rings (SSSR count). The second-order valence-corrected chi connectivity index (χ2v) is 11.5. The van der Waals surface area contributed by atoms with Crippen molar-refractivity contribution in [2.24, 2.45) is 16.8 Å². The lowest BCUT2D eigenvalue weighted by Gasteiger charge is -2.40. The molecule has 1 N–H and O–H groups in total. The monoisotopic (exact) mass is 570 g/mol. The van der Waals surface area contributed by atoms with Gasteiger partial charge in [-0.25, -0.2) is 4.99 Å². The van der Waals surface area contributed by atoms with Crippen molar-refractivity contribution in [3.8, 4) is 0 Å². The van der Waals surface area contributed by atoms with Gasteiger partial charge in [0.05, 0.1) is 36.6 Å². The summed E-state index contributed by atoms with van der Waals surface area (Å²) in [5, 5.41) is 9.57. The van der Waals surface area contributed by atoms with Gasteiger partial charge in [0.25, 0.3) is 5.91 Å². The fourth-order valence-corrected chi connectivity index (χ4v) is 5.61. The number of aliphatic carboxylic acids is 1. The van der Waals surface area contributed by atoms with Gasteiger partial charge in [0, 0.05) is 56.0 Å². The standard InChI is InChI=1S/C28H54N6O6/c1-13-18(2)23(33(10)26(36)25(30(4)5)29-28(31(6)7)32(8)9)21(39-11)17-22(35)34-16-14-15-20(34)24(40-12)19(3)27(37)38/h18-21,23-25H,13-17H2,1-12H3,(H,37,38)/t18-,19+,20-,21+,23?,24?,25-/m0/s1. The third-order valence-electron chi connectivity index (χ3n) is 7.98. The first kappa shape index (κ1) is 35.6. The number of nitrogens with zero attached hydrogens (tertiary/aromatic N) is 6. The summed E-state index contributed by atoms with van der Waals surface area (Å²) in [7, 11) is 16.0. The maximum Gasteiger partial charge on any atom is 0.308 e. The molecule has 2 unspecified atom stereocenters. The van der Waals surface area contributed by atoms with Gasteiger partial charge >= 0.3 is 5.97 Å². The number of carboxylic acid groups (broad SMARTS) is 1. The maximum atomic E-state index is 13.9. The molecular formula is C28H54N6O6. The van der Waals surface area contributed by atoms with Crippen molar-refractivity contribution in [2.45, 2.75) is 76.9 Å². The summed E-state index contributed by atoms with van der Waals surface area (Å²) in [5.74, 6) is -1.34. The van der Waals surface area contributed by atoms with E-state index < -0.39 is 30.3 Å². The first-order chi connectivity index (χ1) is 18.6. The van der Waals surface area contributed by atoms with Crippen LogP contribution in [0, 0.1) is 11.8 Å². The molecular weight excluding hydrogens is 516 g/mol. The van der Waals surface area contributed by atoms with Crippen LogP contribution in [0.4, 0.5) is 0 Å². The summed E-state index contributed by atoms with van der Waals surface area (Å²) in [6, 6.07) is -0.714. The Hall–Kier alpha value is -2.44. The fourth-order valence-electron chi connectivity index (χ4n) is 5.61. The third-order valence-corrected chi connectivity index (χ3v) is 7.98. The van der Waals surface area contributed by atoms with E-state index in [1.807, 2.05) is 52.1 Å². The highest BCUT2D eigenvalue weighted by Gasteiger charge is 2.42. The number of amides is 2. The molecule has 1 aliphatic rings. The van der Waals surface area contributed by atoms with Crippen LogP contribution in [-0.2, 0) is 23.9 Å². The molecule has 1 saturated heterocycles. The van der Waals surface area contributed by atoms with E-state index in [0.717, 1.165) is 12.8 Å². The minimum absolute atomic E-state index is 0.0359. The van der Waals surface area contributed by atoms with Crippen molar-refractivity contribution in [1.82, 2.24) is 24.5 Å². The average Bonchev–Trinajstić information content (AvgIpc) is 3.37. The number of carboxylic acids is 1. The zero-order valence-electron chi connectivity index (χ0n) is 26.7. The van der Waals surface area contributed by atoms with Crippen LogP contribution in [0.25, 0.3) is 0 Å². The number of methoxy groups -OCH3 is 2. The summed E-state index contributed by atoms with van der Waals surface area (Å²) < 4.78 is 11.5. The maximum absolute atomic E-state index is 13.9. The molecule has 1 fully saturated rings.